The number of amides is 1. The summed E-state index contributed by atoms with van der Waals surface area (Å²) in [5.74, 6) is -1.96. The monoisotopic (exact) mass is 326 g/mol. The van der Waals surface area contributed by atoms with Gasteiger partial charge in [0.25, 0.3) is 0 Å². The van der Waals surface area contributed by atoms with Crippen LogP contribution in [0.4, 0.5) is 24.5 Å². The molecule has 23 heavy (non-hydrogen) atoms. The first-order valence-electron chi connectivity index (χ1n) is 7.06. The minimum Gasteiger partial charge on any atom is -0.368 e. The van der Waals surface area contributed by atoms with Crippen LogP contribution in [0, 0.1) is 11.3 Å². The highest BCUT2D eigenvalue weighted by molar-refractivity contribution is 5.97. The lowest BCUT2D eigenvalue weighted by molar-refractivity contribution is -0.170. The maximum Gasteiger partial charge on any atom is 0.471 e. The molecule has 0 spiro atoms. The van der Waals surface area contributed by atoms with Crippen molar-refractivity contribution in [2.24, 2.45) is 0 Å². The van der Waals surface area contributed by atoms with Crippen LogP contribution in [-0.2, 0) is 4.79 Å². The van der Waals surface area contributed by atoms with Gasteiger partial charge < -0.3 is 14.7 Å². The zero-order valence-electron chi connectivity index (χ0n) is 12.9. The van der Waals surface area contributed by atoms with Crippen molar-refractivity contribution in [1.82, 2.24) is 4.90 Å². The second-order valence-electron chi connectivity index (χ2n) is 5.47. The number of hydrogen-bond acceptors (Lipinski definition) is 4. The van der Waals surface area contributed by atoms with E-state index in [1.807, 2.05) is 18.0 Å². The standard InChI is InChI=1S/C15H17F3N4O/c1-20-5-7-22(8-6-20)13-4-3-12(9-11(13)10-19)21(2)14(23)15(16,17)18/h3-4,9H,5-8H2,1-2H3. The lowest BCUT2D eigenvalue weighted by Gasteiger charge is -2.34. The van der Waals surface area contributed by atoms with Crippen LogP contribution in [0.2, 0.25) is 0 Å². The number of alkyl halides is 3. The van der Waals surface area contributed by atoms with Crippen molar-refractivity contribution in [3.05, 3.63) is 23.8 Å². The average Bonchev–Trinajstić information content (AvgIpc) is 2.52. The first kappa shape index (κ1) is 17.1. The Morgan fingerprint density at radius 3 is 2.39 bits per heavy atom. The molecule has 0 aromatic heterocycles. The Hall–Kier alpha value is -2.27. The minimum absolute atomic E-state index is 0.0433. The van der Waals surface area contributed by atoms with Gasteiger partial charge >= 0.3 is 12.1 Å². The Kier molecular flexibility index (Phi) is 4.80. The molecule has 0 bridgehead atoms. The van der Waals surface area contributed by atoms with Gasteiger partial charge in [-0.05, 0) is 25.2 Å². The highest BCUT2D eigenvalue weighted by Crippen LogP contribution is 2.28. The summed E-state index contributed by atoms with van der Waals surface area (Å²) in [5.41, 5.74) is 0.979. The number of benzene rings is 1. The summed E-state index contributed by atoms with van der Waals surface area (Å²) < 4.78 is 37.5. The normalized spacial score (nSPS) is 16.1. The lowest BCUT2D eigenvalue weighted by Crippen LogP contribution is -2.44. The number of rotatable bonds is 2. The molecule has 8 heteroatoms. The van der Waals surface area contributed by atoms with Crippen molar-refractivity contribution in [3.63, 3.8) is 0 Å². The zero-order chi connectivity index (χ0) is 17.2. The molecule has 0 unspecified atom stereocenters. The molecule has 0 radical (unpaired) electrons. The van der Waals surface area contributed by atoms with Gasteiger partial charge in [0.2, 0.25) is 0 Å². The number of piperazine rings is 1. The summed E-state index contributed by atoms with van der Waals surface area (Å²) in [4.78, 5) is 16.0. The lowest BCUT2D eigenvalue weighted by atomic mass is 10.1. The van der Waals surface area contributed by atoms with E-state index in [9.17, 15) is 23.2 Å². The van der Waals surface area contributed by atoms with Crippen LogP contribution in [0.1, 0.15) is 5.56 Å². The van der Waals surface area contributed by atoms with Crippen LogP contribution >= 0.6 is 0 Å². The van der Waals surface area contributed by atoms with Gasteiger partial charge in [0.05, 0.1) is 11.3 Å². The van der Waals surface area contributed by atoms with Gasteiger partial charge in [-0.3, -0.25) is 4.79 Å². The molecule has 0 atom stereocenters. The number of anilines is 2. The van der Waals surface area contributed by atoms with Crippen molar-refractivity contribution in [1.29, 1.82) is 5.26 Å². The van der Waals surface area contributed by atoms with Crippen molar-refractivity contribution >= 4 is 17.3 Å². The quantitative estimate of drug-likeness (QED) is 0.832. The molecule has 1 aromatic rings. The number of halogens is 3. The van der Waals surface area contributed by atoms with Gasteiger partial charge in [-0.2, -0.15) is 18.4 Å². The summed E-state index contributed by atoms with van der Waals surface area (Å²) >= 11 is 0. The predicted octanol–water partition coefficient (Wildman–Crippen LogP) is 1.84. The summed E-state index contributed by atoms with van der Waals surface area (Å²) in [6.45, 7) is 3.17. The molecule has 2 rings (SSSR count). The van der Waals surface area contributed by atoms with E-state index >= 15 is 0 Å². The highest BCUT2D eigenvalue weighted by Gasteiger charge is 2.41. The second-order valence-corrected chi connectivity index (χ2v) is 5.47. The molecule has 1 fully saturated rings. The Labute approximate surface area is 132 Å². The molecule has 1 amide bonds. The molecule has 0 saturated carbocycles. The fourth-order valence-electron chi connectivity index (χ4n) is 2.45. The summed E-state index contributed by atoms with van der Waals surface area (Å²) in [6, 6.07) is 6.34. The molecule has 1 saturated heterocycles. The van der Waals surface area contributed by atoms with E-state index in [0.29, 0.717) is 10.6 Å². The number of nitrogens with zero attached hydrogens (tertiary/aromatic N) is 4. The van der Waals surface area contributed by atoms with Crippen molar-refractivity contribution in [2.45, 2.75) is 6.18 Å². The Balaban J connectivity index is 2.27. The van der Waals surface area contributed by atoms with Crippen LogP contribution in [0.15, 0.2) is 18.2 Å². The second kappa shape index (κ2) is 6.46. The fourth-order valence-corrected chi connectivity index (χ4v) is 2.45. The maximum absolute atomic E-state index is 12.5. The first-order chi connectivity index (χ1) is 10.7. The average molecular weight is 326 g/mol. The van der Waals surface area contributed by atoms with Gasteiger partial charge in [-0.15, -0.1) is 0 Å². The number of hydrogen-bond donors (Lipinski definition) is 0. The van der Waals surface area contributed by atoms with E-state index in [-0.39, 0.29) is 11.3 Å². The zero-order valence-corrected chi connectivity index (χ0v) is 12.9. The fraction of sp³-hybridized carbons (Fsp3) is 0.467. The van der Waals surface area contributed by atoms with Crippen molar-refractivity contribution < 1.29 is 18.0 Å². The van der Waals surface area contributed by atoms with Crippen LogP contribution in [0.3, 0.4) is 0 Å². The summed E-state index contributed by atoms with van der Waals surface area (Å²) in [7, 11) is 3.05. The third-order valence-corrected chi connectivity index (χ3v) is 3.88. The molecule has 1 aliphatic heterocycles. The molecule has 5 nitrogen and oxygen atoms in total. The highest BCUT2D eigenvalue weighted by atomic mass is 19.4. The van der Waals surface area contributed by atoms with Gasteiger partial charge in [-0.25, -0.2) is 0 Å². The number of carbonyl (C=O) groups excluding carboxylic acids is 1. The Morgan fingerprint density at radius 1 is 1.26 bits per heavy atom. The number of likely N-dealkylation sites (N-methyl/N-ethyl adjacent to an activating group) is 1. The van der Waals surface area contributed by atoms with Gasteiger partial charge in [0.15, 0.2) is 0 Å². The largest absolute Gasteiger partial charge is 0.471 e. The van der Waals surface area contributed by atoms with Crippen molar-refractivity contribution in [2.75, 3.05) is 50.1 Å². The van der Waals surface area contributed by atoms with Crippen LogP contribution in [0.5, 0.6) is 0 Å². The molecular formula is C15H17F3N4O. The molecule has 0 N–H and O–H groups in total. The predicted molar refractivity (Wildman–Crippen MR) is 80.3 cm³/mol. The van der Waals surface area contributed by atoms with E-state index in [0.717, 1.165) is 33.2 Å². The van der Waals surface area contributed by atoms with Gasteiger partial charge in [0.1, 0.15) is 6.07 Å². The Morgan fingerprint density at radius 2 is 1.87 bits per heavy atom. The topological polar surface area (TPSA) is 50.6 Å². The van der Waals surface area contributed by atoms with E-state index in [1.165, 1.54) is 12.1 Å². The van der Waals surface area contributed by atoms with E-state index in [2.05, 4.69) is 4.90 Å². The summed E-state index contributed by atoms with van der Waals surface area (Å²) in [6.07, 6.45) is -4.95. The first-order valence-corrected chi connectivity index (χ1v) is 7.06. The maximum atomic E-state index is 12.5. The van der Waals surface area contributed by atoms with Crippen LogP contribution in [0.25, 0.3) is 0 Å². The molecule has 124 valence electrons. The third kappa shape index (κ3) is 3.74. The van der Waals surface area contributed by atoms with E-state index in [1.54, 1.807) is 6.07 Å². The van der Waals surface area contributed by atoms with E-state index < -0.39 is 12.1 Å². The molecular weight excluding hydrogens is 309 g/mol. The van der Waals surface area contributed by atoms with E-state index in [4.69, 9.17) is 0 Å². The number of carbonyl (C=O) groups is 1. The molecule has 1 aliphatic rings. The third-order valence-electron chi connectivity index (χ3n) is 3.88. The minimum atomic E-state index is -4.95. The molecule has 1 aromatic carbocycles. The van der Waals surface area contributed by atoms with Gasteiger partial charge in [0, 0.05) is 38.9 Å². The Bertz CT molecular complexity index is 631. The van der Waals surface area contributed by atoms with Crippen LogP contribution in [-0.4, -0.2) is 57.3 Å². The van der Waals surface area contributed by atoms with Crippen LogP contribution < -0.4 is 9.80 Å². The molecule has 0 aliphatic carbocycles. The van der Waals surface area contributed by atoms with Crippen molar-refractivity contribution in [3.8, 4) is 6.07 Å². The van der Waals surface area contributed by atoms with Gasteiger partial charge in [-0.1, -0.05) is 0 Å². The summed E-state index contributed by atoms with van der Waals surface area (Å²) in [5, 5.41) is 9.29. The smallest absolute Gasteiger partial charge is 0.368 e. The number of nitriles is 1. The molecule has 1 heterocycles. The SMILES string of the molecule is CN1CCN(c2ccc(N(C)C(=O)C(F)(F)F)cc2C#N)CC1.